The monoisotopic (exact) mass is 286 g/mol. The fraction of sp³-hybridized carbons (Fsp3) is 0.636. The highest BCUT2D eigenvalue weighted by molar-refractivity contribution is 7.88. The molecule has 0 spiro atoms. The molecule has 7 nitrogen and oxygen atoms in total. The highest BCUT2D eigenvalue weighted by atomic mass is 32.2. The molecule has 106 valence electrons. The summed E-state index contributed by atoms with van der Waals surface area (Å²) in [7, 11) is -3.35. The van der Waals surface area contributed by atoms with Crippen molar-refractivity contribution in [2.45, 2.75) is 32.7 Å². The number of carbonyl (C=O) groups excluding carboxylic acids is 1. The van der Waals surface area contributed by atoms with Crippen molar-refractivity contribution in [1.29, 1.82) is 0 Å². The van der Waals surface area contributed by atoms with Gasteiger partial charge in [-0.3, -0.25) is 9.89 Å². The molecule has 19 heavy (non-hydrogen) atoms. The lowest BCUT2D eigenvalue weighted by Crippen LogP contribution is -2.42. The van der Waals surface area contributed by atoms with Gasteiger partial charge in [-0.1, -0.05) is 0 Å². The Morgan fingerprint density at radius 1 is 1.47 bits per heavy atom. The van der Waals surface area contributed by atoms with E-state index in [2.05, 4.69) is 15.5 Å². The van der Waals surface area contributed by atoms with Gasteiger partial charge in [-0.2, -0.15) is 9.40 Å². The van der Waals surface area contributed by atoms with Gasteiger partial charge in [0.15, 0.2) is 5.82 Å². The van der Waals surface area contributed by atoms with E-state index in [0.29, 0.717) is 25.2 Å². The number of hydrogen-bond donors (Lipinski definition) is 2. The van der Waals surface area contributed by atoms with Crippen LogP contribution in [0.1, 0.15) is 24.1 Å². The summed E-state index contributed by atoms with van der Waals surface area (Å²) in [5.41, 5.74) is 1.74. The average molecular weight is 286 g/mol. The summed E-state index contributed by atoms with van der Waals surface area (Å²) in [6.45, 7) is 4.10. The van der Waals surface area contributed by atoms with Crippen molar-refractivity contribution < 1.29 is 13.2 Å². The minimum absolute atomic E-state index is 0.322. The predicted molar refractivity (Wildman–Crippen MR) is 71.3 cm³/mol. The Morgan fingerprint density at radius 3 is 2.68 bits per heavy atom. The largest absolute Gasteiger partial charge is 0.308 e. The Hall–Kier alpha value is -1.41. The molecule has 1 unspecified atom stereocenters. The quantitative estimate of drug-likeness (QED) is 0.840. The first-order valence-electron chi connectivity index (χ1n) is 6.10. The van der Waals surface area contributed by atoms with Crippen LogP contribution in [0.4, 0.5) is 5.82 Å². The third-order valence-corrected chi connectivity index (χ3v) is 4.72. The van der Waals surface area contributed by atoms with Crippen molar-refractivity contribution >= 4 is 21.7 Å². The normalized spacial score (nSPS) is 20.7. The number of carbonyl (C=O) groups is 1. The van der Waals surface area contributed by atoms with Crippen LogP contribution in [-0.2, 0) is 14.8 Å². The average Bonchev–Trinajstić information content (AvgIpc) is 2.90. The Balaban J connectivity index is 2.14. The van der Waals surface area contributed by atoms with Crippen molar-refractivity contribution in [2.24, 2.45) is 0 Å². The zero-order chi connectivity index (χ0) is 14.2. The smallest absolute Gasteiger partial charge is 0.244 e. The number of aromatic amines is 1. The van der Waals surface area contributed by atoms with Crippen LogP contribution in [-0.4, -0.2) is 47.7 Å². The number of nitrogens with zero attached hydrogens (tertiary/aromatic N) is 2. The molecule has 1 amide bonds. The predicted octanol–water partition coefficient (Wildman–Crippen LogP) is 0.389. The van der Waals surface area contributed by atoms with Crippen molar-refractivity contribution in [3.05, 3.63) is 11.3 Å². The lowest BCUT2D eigenvalue weighted by Gasteiger charge is -2.20. The van der Waals surface area contributed by atoms with E-state index in [9.17, 15) is 13.2 Å². The number of H-pyrrole nitrogens is 1. The summed E-state index contributed by atoms with van der Waals surface area (Å²) in [4.78, 5) is 12.2. The van der Waals surface area contributed by atoms with Crippen LogP contribution in [0, 0.1) is 13.8 Å². The molecule has 1 atom stereocenters. The topological polar surface area (TPSA) is 95.2 Å². The lowest BCUT2D eigenvalue weighted by molar-refractivity contribution is -0.119. The number of amides is 1. The summed E-state index contributed by atoms with van der Waals surface area (Å²) >= 11 is 0. The first-order valence-corrected chi connectivity index (χ1v) is 7.95. The zero-order valence-electron chi connectivity index (χ0n) is 11.2. The number of rotatable bonds is 3. The van der Waals surface area contributed by atoms with Crippen molar-refractivity contribution in [2.75, 3.05) is 18.1 Å². The van der Waals surface area contributed by atoms with Crippen LogP contribution in [0.3, 0.4) is 0 Å². The van der Waals surface area contributed by atoms with Gasteiger partial charge in [0.1, 0.15) is 6.04 Å². The second kappa shape index (κ2) is 4.93. The number of hydrogen-bond acceptors (Lipinski definition) is 4. The van der Waals surface area contributed by atoms with Crippen LogP contribution in [0.2, 0.25) is 0 Å². The Labute approximate surface area is 112 Å². The number of anilines is 1. The van der Waals surface area contributed by atoms with Gasteiger partial charge in [0, 0.05) is 17.8 Å². The molecule has 0 aromatic carbocycles. The van der Waals surface area contributed by atoms with E-state index in [-0.39, 0.29) is 5.91 Å². The molecule has 2 N–H and O–H groups in total. The van der Waals surface area contributed by atoms with E-state index < -0.39 is 16.1 Å². The Morgan fingerprint density at radius 2 is 2.16 bits per heavy atom. The Kier molecular flexibility index (Phi) is 3.64. The number of nitrogens with one attached hydrogen (secondary N) is 2. The first kappa shape index (κ1) is 14.0. The highest BCUT2D eigenvalue weighted by Gasteiger charge is 2.36. The molecule has 0 radical (unpaired) electrons. The molecule has 1 aromatic heterocycles. The summed E-state index contributed by atoms with van der Waals surface area (Å²) in [6.07, 6.45) is 2.37. The second-order valence-electron chi connectivity index (χ2n) is 4.84. The zero-order valence-corrected chi connectivity index (χ0v) is 12.0. The number of aryl methyl sites for hydroxylation is 1. The maximum Gasteiger partial charge on any atom is 0.244 e. The maximum atomic E-state index is 12.2. The summed E-state index contributed by atoms with van der Waals surface area (Å²) in [5, 5.41) is 9.45. The molecule has 1 aromatic rings. The molecule has 1 aliphatic heterocycles. The summed E-state index contributed by atoms with van der Waals surface area (Å²) in [5.74, 6) is 0.139. The van der Waals surface area contributed by atoms with Crippen molar-refractivity contribution in [1.82, 2.24) is 14.5 Å². The van der Waals surface area contributed by atoms with Gasteiger partial charge in [0.25, 0.3) is 0 Å². The second-order valence-corrected chi connectivity index (χ2v) is 6.78. The molecule has 1 fully saturated rings. The first-order chi connectivity index (χ1) is 8.80. The van der Waals surface area contributed by atoms with E-state index in [0.717, 1.165) is 17.5 Å². The van der Waals surface area contributed by atoms with Gasteiger partial charge < -0.3 is 5.32 Å². The van der Waals surface area contributed by atoms with Gasteiger partial charge in [0.2, 0.25) is 15.9 Å². The fourth-order valence-electron chi connectivity index (χ4n) is 2.21. The molecular weight excluding hydrogens is 268 g/mol. The molecule has 1 aliphatic rings. The third kappa shape index (κ3) is 2.79. The summed E-state index contributed by atoms with van der Waals surface area (Å²) < 4.78 is 24.4. The molecule has 2 heterocycles. The molecular formula is C11H18N4O3S. The van der Waals surface area contributed by atoms with E-state index in [1.807, 2.05) is 13.8 Å². The van der Waals surface area contributed by atoms with Crippen LogP contribution in [0.5, 0.6) is 0 Å². The molecule has 1 saturated heterocycles. The van der Waals surface area contributed by atoms with Crippen LogP contribution >= 0.6 is 0 Å². The van der Waals surface area contributed by atoms with Crippen molar-refractivity contribution in [3.8, 4) is 0 Å². The molecule has 0 aliphatic carbocycles. The highest BCUT2D eigenvalue weighted by Crippen LogP contribution is 2.22. The van der Waals surface area contributed by atoms with Gasteiger partial charge in [0.05, 0.1) is 6.26 Å². The van der Waals surface area contributed by atoms with Crippen LogP contribution in [0.15, 0.2) is 0 Å². The number of aromatic nitrogens is 2. The van der Waals surface area contributed by atoms with Crippen LogP contribution < -0.4 is 5.32 Å². The van der Waals surface area contributed by atoms with E-state index >= 15 is 0 Å². The molecule has 8 heteroatoms. The van der Waals surface area contributed by atoms with E-state index in [4.69, 9.17) is 0 Å². The van der Waals surface area contributed by atoms with Gasteiger partial charge in [-0.05, 0) is 26.7 Å². The molecule has 0 saturated carbocycles. The lowest BCUT2D eigenvalue weighted by atomic mass is 10.2. The maximum absolute atomic E-state index is 12.2. The Bertz CT molecular complexity index is 593. The fourth-order valence-corrected chi connectivity index (χ4v) is 3.33. The minimum atomic E-state index is -3.35. The molecule has 2 rings (SSSR count). The van der Waals surface area contributed by atoms with Crippen LogP contribution in [0.25, 0.3) is 0 Å². The molecule has 0 bridgehead atoms. The third-order valence-electron chi connectivity index (χ3n) is 3.43. The van der Waals surface area contributed by atoms with Gasteiger partial charge >= 0.3 is 0 Å². The van der Waals surface area contributed by atoms with E-state index in [1.54, 1.807) is 0 Å². The summed E-state index contributed by atoms with van der Waals surface area (Å²) in [6, 6.07) is -0.633. The minimum Gasteiger partial charge on any atom is -0.308 e. The van der Waals surface area contributed by atoms with Gasteiger partial charge in [-0.25, -0.2) is 8.42 Å². The van der Waals surface area contributed by atoms with Crippen molar-refractivity contribution in [3.63, 3.8) is 0 Å². The van der Waals surface area contributed by atoms with Gasteiger partial charge in [-0.15, -0.1) is 0 Å². The number of sulfonamides is 1. The SMILES string of the molecule is Cc1[nH]nc(NC(=O)C2CCCN2S(C)(=O)=O)c1C. The standard InChI is InChI=1S/C11H18N4O3S/c1-7-8(2)13-14-10(7)12-11(16)9-5-4-6-15(9)19(3,17)18/h9H,4-6H2,1-3H3,(H2,12,13,14,16). The van der Waals surface area contributed by atoms with E-state index in [1.165, 1.54) is 4.31 Å².